The van der Waals surface area contributed by atoms with Gasteiger partial charge in [0.1, 0.15) is 0 Å². The lowest BCUT2D eigenvalue weighted by molar-refractivity contribution is 0.256. The van der Waals surface area contributed by atoms with Crippen molar-refractivity contribution in [2.75, 3.05) is 20.1 Å². The van der Waals surface area contributed by atoms with Gasteiger partial charge in [0.15, 0.2) is 0 Å². The zero-order valence-corrected chi connectivity index (χ0v) is 15.2. The van der Waals surface area contributed by atoms with Gasteiger partial charge in [-0.2, -0.15) is 0 Å². The van der Waals surface area contributed by atoms with Crippen molar-refractivity contribution in [1.29, 1.82) is 0 Å². The van der Waals surface area contributed by atoms with Crippen molar-refractivity contribution >= 4 is 34.5 Å². The van der Waals surface area contributed by atoms with Crippen LogP contribution in [0.4, 0.5) is 0 Å². The normalized spacial score (nSPS) is 17.1. The molecule has 1 aromatic carbocycles. The molecule has 2 nitrogen and oxygen atoms in total. The molecule has 0 atom stereocenters. The maximum absolute atomic E-state index is 6.28. The Kier molecular flexibility index (Phi) is 5.08. The van der Waals surface area contributed by atoms with Crippen LogP contribution in [0, 0.1) is 6.92 Å². The molecule has 0 spiro atoms. The van der Waals surface area contributed by atoms with Gasteiger partial charge >= 0.3 is 0 Å². The standard InChI is InChI=1S/C17H20Cl2N2S/c1-11-17(12-5-7-21(2)8-6-12)22-16(20-11)9-13-3-4-14(18)10-15(13)19/h3-4,10,12H,5-9H2,1-2H3. The predicted molar refractivity (Wildman–Crippen MR) is 95.6 cm³/mol. The number of benzene rings is 1. The number of likely N-dealkylation sites (tertiary alicyclic amines) is 1. The SMILES string of the molecule is Cc1nc(Cc2ccc(Cl)cc2Cl)sc1C1CCN(C)CC1. The van der Waals surface area contributed by atoms with Gasteiger partial charge in [0, 0.05) is 21.3 Å². The van der Waals surface area contributed by atoms with E-state index in [0.717, 1.165) is 22.0 Å². The number of halogens is 2. The lowest BCUT2D eigenvalue weighted by Gasteiger charge is -2.28. The number of thiazole rings is 1. The summed E-state index contributed by atoms with van der Waals surface area (Å²) in [5.41, 5.74) is 2.29. The molecule has 0 N–H and O–H groups in total. The minimum Gasteiger partial charge on any atom is -0.306 e. The van der Waals surface area contributed by atoms with Crippen LogP contribution in [0.3, 0.4) is 0 Å². The van der Waals surface area contributed by atoms with E-state index in [4.69, 9.17) is 28.2 Å². The van der Waals surface area contributed by atoms with Crippen molar-refractivity contribution in [1.82, 2.24) is 9.88 Å². The second-order valence-corrected chi connectivity index (χ2v) is 8.01. The fourth-order valence-electron chi connectivity index (χ4n) is 3.02. The van der Waals surface area contributed by atoms with E-state index >= 15 is 0 Å². The smallest absolute Gasteiger partial charge is 0.0975 e. The molecule has 3 rings (SSSR count). The molecule has 0 saturated carbocycles. The van der Waals surface area contributed by atoms with E-state index < -0.39 is 0 Å². The van der Waals surface area contributed by atoms with Gasteiger partial charge in [-0.3, -0.25) is 0 Å². The maximum atomic E-state index is 6.28. The molecule has 118 valence electrons. The van der Waals surface area contributed by atoms with E-state index in [1.807, 2.05) is 23.5 Å². The Labute approximate surface area is 146 Å². The number of piperidine rings is 1. The molecule has 0 bridgehead atoms. The Bertz CT molecular complexity index is 661. The molecule has 1 aliphatic rings. The molecular formula is C17H20Cl2N2S. The van der Waals surface area contributed by atoms with Gasteiger partial charge in [-0.1, -0.05) is 29.3 Å². The molecule has 2 aromatic rings. The van der Waals surface area contributed by atoms with E-state index in [1.165, 1.54) is 36.5 Å². The Hall–Kier alpha value is -0.610. The molecule has 0 unspecified atom stereocenters. The first-order chi connectivity index (χ1) is 10.5. The molecule has 2 heterocycles. The van der Waals surface area contributed by atoms with Crippen LogP contribution in [0.15, 0.2) is 18.2 Å². The van der Waals surface area contributed by atoms with E-state index in [9.17, 15) is 0 Å². The predicted octanol–water partition coefficient (Wildman–Crippen LogP) is 5.16. The van der Waals surface area contributed by atoms with Crippen molar-refractivity contribution < 1.29 is 0 Å². The summed E-state index contributed by atoms with van der Waals surface area (Å²) in [6, 6.07) is 5.69. The molecule has 22 heavy (non-hydrogen) atoms. The van der Waals surface area contributed by atoms with Gasteiger partial charge in [-0.05, 0) is 63.5 Å². The Morgan fingerprint density at radius 1 is 1.27 bits per heavy atom. The minimum absolute atomic E-state index is 0.670. The van der Waals surface area contributed by atoms with E-state index in [2.05, 4.69) is 18.9 Å². The van der Waals surface area contributed by atoms with Gasteiger partial charge in [0.05, 0.1) is 10.7 Å². The van der Waals surface area contributed by atoms with Gasteiger partial charge in [-0.25, -0.2) is 4.98 Å². The van der Waals surface area contributed by atoms with Crippen molar-refractivity contribution in [3.63, 3.8) is 0 Å². The number of aryl methyl sites for hydroxylation is 1. The number of hydrogen-bond acceptors (Lipinski definition) is 3. The quantitative estimate of drug-likeness (QED) is 0.756. The van der Waals surface area contributed by atoms with Crippen molar-refractivity contribution in [3.05, 3.63) is 49.4 Å². The second-order valence-electron chi connectivity index (χ2n) is 6.05. The average molecular weight is 355 g/mol. The van der Waals surface area contributed by atoms with Gasteiger partial charge < -0.3 is 4.90 Å². The van der Waals surface area contributed by atoms with Crippen LogP contribution in [0.1, 0.15) is 39.9 Å². The molecule has 0 aliphatic carbocycles. The number of rotatable bonds is 3. The van der Waals surface area contributed by atoms with Crippen LogP contribution in [0.2, 0.25) is 10.0 Å². The summed E-state index contributed by atoms with van der Waals surface area (Å²) in [7, 11) is 2.20. The highest BCUT2D eigenvalue weighted by molar-refractivity contribution is 7.11. The van der Waals surface area contributed by atoms with Gasteiger partial charge in [0.25, 0.3) is 0 Å². The Morgan fingerprint density at radius 3 is 2.68 bits per heavy atom. The highest BCUT2D eigenvalue weighted by atomic mass is 35.5. The molecule has 5 heteroatoms. The number of nitrogens with zero attached hydrogens (tertiary/aromatic N) is 2. The van der Waals surface area contributed by atoms with Crippen LogP contribution in [-0.2, 0) is 6.42 Å². The maximum Gasteiger partial charge on any atom is 0.0975 e. The summed E-state index contributed by atoms with van der Waals surface area (Å²) >= 11 is 14.1. The van der Waals surface area contributed by atoms with Crippen LogP contribution in [0.5, 0.6) is 0 Å². The lowest BCUT2D eigenvalue weighted by atomic mass is 9.95. The first kappa shape index (κ1) is 16.3. The third-order valence-electron chi connectivity index (χ3n) is 4.32. The van der Waals surface area contributed by atoms with Crippen LogP contribution in [-0.4, -0.2) is 30.0 Å². The topological polar surface area (TPSA) is 16.1 Å². The molecular weight excluding hydrogens is 335 g/mol. The van der Waals surface area contributed by atoms with Crippen molar-refractivity contribution in [2.45, 2.75) is 32.1 Å². The average Bonchev–Trinajstić information content (AvgIpc) is 2.84. The van der Waals surface area contributed by atoms with Crippen molar-refractivity contribution in [3.8, 4) is 0 Å². The summed E-state index contributed by atoms with van der Waals surface area (Å²) in [6.07, 6.45) is 3.26. The summed E-state index contributed by atoms with van der Waals surface area (Å²) in [6.45, 7) is 4.50. The van der Waals surface area contributed by atoms with E-state index in [-0.39, 0.29) is 0 Å². The van der Waals surface area contributed by atoms with Gasteiger partial charge in [-0.15, -0.1) is 11.3 Å². The van der Waals surface area contributed by atoms with Crippen LogP contribution in [0.25, 0.3) is 0 Å². The molecule has 1 saturated heterocycles. The molecule has 0 radical (unpaired) electrons. The third kappa shape index (κ3) is 3.65. The summed E-state index contributed by atoms with van der Waals surface area (Å²) in [4.78, 5) is 8.65. The molecule has 1 fully saturated rings. The monoisotopic (exact) mass is 354 g/mol. The largest absolute Gasteiger partial charge is 0.306 e. The zero-order valence-electron chi connectivity index (χ0n) is 12.9. The minimum atomic E-state index is 0.670. The molecule has 1 aliphatic heterocycles. The highest BCUT2D eigenvalue weighted by Gasteiger charge is 2.23. The highest BCUT2D eigenvalue weighted by Crippen LogP contribution is 2.35. The Balaban J connectivity index is 1.77. The fourth-order valence-corrected chi connectivity index (χ4v) is 4.75. The summed E-state index contributed by atoms with van der Waals surface area (Å²) in [5.74, 6) is 0.670. The molecule has 1 aromatic heterocycles. The zero-order chi connectivity index (χ0) is 15.7. The van der Waals surface area contributed by atoms with Gasteiger partial charge in [0.2, 0.25) is 0 Å². The number of aromatic nitrogens is 1. The fraction of sp³-hybridized carbons (Fsp3) is 0.471. The first-order valence-corrected chi connectivity index (χ1v) is 9.19. The van der Waals surface area contributed by atoms with E-state index in [0.29, 0.717) is 10.9 Å². The third-order valence-corrected chi connectivity index (χ3v) is 6.23. The van der Waals surface area contributed by atoms with Crippen molar-refractivity contribution in [2.24, 2.45) is 0 Å². The Morgan fingerprint density at radius 2 is 2.00 bits per heavy atom. The lowest BCUT2D eigenvalue weighted by Crippen LogP contribution is -2.29. The summed E-state index contributed by atoms with van der Waals surface area (Å²) in [5, 5.41) is 2.55. The second kappa shape index (κ2) is 6.88. The number of hydrogen-bond donors (Lipinski definition) is 0. The molecule has 0 amide bonds. The van der Waals surface area contributed by atoms with Crippen LogP contribution < -0.4 is 0 Å². The van der Waals surface area contributed by atoms with E-state index in [1.54, 1.807) is 6.07 Å². The summed E-state index contributed by atoms with van der Waals surface area (Å²) < 4.78 is 0. The van der Waals surface area contributed by atoms with Crippen LogP contribution >= 0.6 is 34.5 Å². The first-order valence-electron chi connectivity index (χ1n) is 7.61.